The van der Waals surface area contributed by atoms with Crippen LogP contribution >= 0.6 is 0 Å². The summed E-state index contributed by atoms with van der Waals surface area (Å²) in [6.07, 6.45) is 11.7. The predicted octanol–water partition coefficient (Wildman–Crippen LogP) is 2.11. The first-order valence-electron chi connectivity index (χ1n) is 7.21. The number of anilines is 1. The van der Waals surface area contributed by atoms with Crippen LogP contribution in [0.1, 0.15) is 44.2 Å². The van der Waals surface area contributed by atoms with Crippen LogP contribution in [0, 0.1) is 0 Å². The Balaban J connectivity index is 1.64. The summed E-state index contributed by atoms with van der Waals surface area (Å²) in [7, 11) is 0. The molecule has 0 aromatic carbocycles. The van der Waals surface area contributed by atoms with E-state index in [1.165, 1.54) is 38.5 Å². The second-order valence-electron chi connectivity index (χ2n) is 5.43. The maximum atomic E-state index is 4.74. The highest BCUT2D eigenvalue weighted by Gasteiger charge is 2.20. The Morgan fingerprint density at radius 1 is 1.11 bits per heavy atom. The van der Waals surface area contributed by atoms with Crippen molar-refractivity contribution >= 4 is 5.82 Å². The van der Waals surface area contributed by atoms with Crippen LogP contribution in [0.3, 0.4) is 0 Å². The topological polar surface area (TPSA) is 41.1 Å². The van der Waals surface area contributed by atoms with E-state index in [2.05, 4.69) is 15.2 Å². The van der Waals surface area contributed by atoms with Crippen LogP contribution in [0.25, 0.3) is 0 Å². The van der Waals surface area contributed by atoms with Gasteiger partial charge in [0, 0.05) is 31.9 Å². The molecular formula is C14H22N4. The van der Waals surface area contributed by atoms with Crippen molar-refractivity contribution in [2.45, 2.75) is 51.1 Å². The lowest BCUT2D eigenvalue weighted by Gasteiger charge is -2.21. The number of rotatable bonds is 4. The number of aromatic nitrogens is 2. The molecule has 1 saturated heterocycles. The second-order valence-corrected chi connectivity index (χ2v) is 5.43. The summed E-state index contributed by atoms with van der Waals surface area (Å²) in [4.78, 5) is 11.5. The molecule has 0 atom stereocenters. The minimum absolute atomic E-state index is 0.730. The molecule has 98 valence electrons. The molecule has 2 fully saturated rings. The van der Waals surface area contributed by atoms with Crippen molar-refractivity contribution in [1.29, 1.82) is 0 Å². The van der Waals surface area contributed by atoms with Crippen LogP contribution in [0.15, 0.2) is 12.4 Å². The molecule has 3 rings (SSSR count). The monoisotopic (exact) mass is 246 g/mol. The molecule has 0 unspecified atom stereocenters. The number of nitrogens with one attached hydrogen (secondary N) is 1. The van der Waals surface area contributed by atoms with Gasteiger partial charge in [0.1, 0.15) is 5.82 Å². The molecule has 4 heteroatoms. The SMILES string of the molecule is c1ncc(N2CCCCCC2)nc1CNC1CC1. The van der Waals surface area contributed by atoms with Gasteiger partial charge in [0.2, 0.25) is 0 Å². The van der Waals surface area contributed by atoms with Crippen molar-refractivity contribution in [3.63, 3.8) is 0 Å². The molecule has 0 amide bonds. The average molecular weight is 246 g/mol. The third-order valence-electron chi connectivity index (χ3n) is 3.75. The lowest BCUT2D eigenvalue weighted by molar-refractivity contribution is 0.668. The first-order valence-corrected chi connectivity index (χ1v) is 7.21. The van der Waals surface area contributed by atoms with Crippen molar-refractivity contribution in [1.82, 2.24) is 15.3 Å². The van der Waals surface area contributed by atoms with Crippen molar-refractivity contribution < 1.29 is 0 Å². The van der Waals surface area contributed by atoms with Gasteiger partial charge in [0.15, 0.2) is 0 Å². The number of nitrogens with zero attached hydrogens (tertiary/aromatic N) is 3. The first-order chi connectivity index (χ1) is 8.92. The summed E-state index contributed by atoms with van der Waals surface area (Å²) in [6, 6.07) is 0.730. The Labute approximate surface area is 109 Å². The van der Waals surface area contributed by atoms with Gasteiger partial charge in [-0.15, -0.1) is 0 Å². The van der Waals surface area contributed by atoms with Gasteiger partial charge in [-0.2, -0.15) is 0 Å². The Bertz CT molecular complexity index is 381. The summed E-state index contributed by atoms with van der Waals surface area (Å²) in [5.41, 5.74) is 1.07. The molecule has 1 aliphatic heterocycles. The van der Waals surface area contributed by atoms with Crippen LogP contribution in [-0.2, 0) is 6.54 Å². The van der Waals surface area contributed by atoms with Crippen LogP contribution in [-0.4, -0.2) is 29.1 Å². The predicted molar refractivity (Wildman–Crippen MR) is 72.6 cm³/mol. The minimum atomic E-state index is 0.730. The zero-order valence-corrected chi connectivity index (χ0v) is 10.9. The van der Waals surface area contributed by atoms with Crippen molar-refractivity contribution in [2.24, 2.45) is 0 Å². The lowest BCUT2D eigenvalue weighted by Crippen LogP contribution is -2.26. The van der Waals surface area contributed by atoms with E-state index in [9.17, 15) is 0 Å². The molecular weight excluding hydrogens is 224 g/mol. The molecule has 0 spiro atoms. The van der Waals surface area contributed by atoms with E-state index >= 15 is 0 Å². The van der Waals surface area contributed by atoms with E-state index < -0.39 is 0 Å². The fraction of sp³-hybridized carbons (Fsp3) is 0.714. The zero-order valence-electron chi connectivity index (χ0n) is 10.9. The van der Waals surface area contributed by atoms with Crippen LogP contribution in [0.4, 0.5) is 5.82 Å². The maximum absolute atomic E-state index is 4.74. The third-order valence-corrected chi connectivity index (χ3v) is 3.75. The first kappa shape index (κ1) is 11.9. The maximum Gasteiger partial charge on any atom is 0.147 e. The molecule has 18 heavy (non-hydrogen) atoms. The van der Waals surface area contributed by atoms with Crippen molar-refractivity contribution in [3.8, 4) is 0 Å². The minimum Gasteiger partial charge on any atom is -0.355 e. The molecule has 0 bridgehead atoms. The smallest absolute Gasteiger partial charge is 0.147 e. The molecule has 1 saturated carbocycles. The Morgan fingerprint density at radius 2 is 1.89 bits per heavy atom. The summed E-state index contributed by atoms with van der Waals surface area (Å²) in [5.74, 6) is 1.06. The van der Waals surface area contributed by atoms with E-state index in [1.54, 1.807) is 0 Å². The Kier molecular flexibility index (Phi) is 3.74. The summed E-state index contributed by atoms with van der Waals surface area (Å²) in [6.45, 7) is 3.13. The number of hydrogen-bond donors (Lipinski definition) is 1. The largest absolute Gasteiger partial charge is 0.355 e. The van der Waals surface area contributed by atoms with Gasteiger partial charge in [-0.25, -0.2) is 4.98 Å². The van der Waals surface area contributed by atoms with E-state index in [1.807, 2.05) is 12.4 Å². The lowest BCUT2D eigenvalue weighted by atomic mass is 10.2. The molecule has 1 aromatic heterocycles. The zero-order chi connectivity index (χ0) is 12.2. The standard InChI is InChI=1S/C14H22N4/c1-2-4-8-18(7-3-1)14-11-15-9-13(17-14)10-16-12-5-6-12/h9,11-12,16H,1-8,10H2. The second kappa shape index (κ2) is 5.65. The van der Waals surface area contributed by atoms with Gasteiger partial charge < -0.3 is 10.2 Å². The quantitative estimate of drug-likeness (QED) is 0.883. The van der Waals surface area contributed by atoms with Gasteiger partial charge in [0.25, 0.3) is 0 Å². The van der Waals surface area contributed by atoms with Gasteiger partial charge in [-0.05, 0) is 25.7 Å². The van der Waals surface area contributed by atoms with Crippen LogP contribution in [0.5, 0.6) is 0 Å². The van der Waals surface area contributed by atoms with Gasteiger partial charge in [-0.3, -0.25) is 4.98 Å². The van der Waals surface area contributed by atoms with E-state index in [-0.39, 0.29) is 0 Å². The third kappa shape index (κ3) is 3.19. The van der Waals surface area contributed by atoms with Crippen molar-refractivity contribution in [3.05, 3.63) is 18.1 Å². The van der Waals surface area contributed by atoms with Gasteiger partial charge >= 0.3 is 0 Å². The summed E-state index contributed by atoms with van der Waals surface area (Å²) < 4.78 is 0. The molecule has 1 N–H and O–H groups in total. The normalized spacial score (nSPS) is 20.8. The molecule has 4 nitrogen and oxygen atoms in total. The van der Waals surface area contributed by atoms with Gasteiger partial charge in [-0.1, -0.05) is 12.8 Å². The average Bonchev–Trinajstić information content (AvgIpc) is 3.24. The van der Waals surface area contributed by atoms with Crippen LogP contribution < -0.4 is 10.2 Å². The highest BCUT2D eigenvalue weighted by atomic mass is 15.2. The molecule has 1 aromatic rings. The van der Waals surface area contributed by atoms with E-state index in [4.69, 9.17) is 4.98 Å². The fourth-order valence-corrected chi connectivity index (χ4v) is 2.47. The fourth-order valence-electron chi connectivity index (χ4n) is 2.47. The summed E-state index contributed by atoms with van der Waals surface area (Å²) >= 11 is 0. The highest BCUT2D eigenvalue weighted by molar-refractivity contribution is 5.36. The molecule has 1 aliphatic carbocycles. The Morgan fingerprint density at radius 3 is 2.61 bits per heavy atom. The molecule has 2 heterocycles. The van der Waals surface area contributed by atoms with Gasteiger partial charge in [0.05, 0.1) is 11.9 Å². The summed E-state index contributed by atoms with van der Waals surface area (Å²) in [5, 5.41) is 3.49. The number of hydrogen-bond acceptors (Lipinski definition) is 4. The van der Waals surface area contributed by atoms with E-state index in [0.717, 1.165) is 37.2 Å². The molecule has 0 radical (unpaired) electrons. The molecule has 2 aliphatic rings. The Hall–Kier alpha value is -1.16. The van der Waals surface area contributed by atoms with Crippen LogP contribution in [0.2, 0.25) is 0 Å². The van der Waals surface area contributed by atoms with Crippen molar-refractivity contribution in [2.75, 3.05) is 18.0 Å². The van der Waals surface area contributed by atoms with E-state index in [0.29, 0.717) is 0 Å². The highest BCUT2D eigenvalue weighted by Crippen LogP contribution is 2.20.